The fourth-order valence-electron chi connectivity index (χ4n) is 2.89. The molecule has 0 spiro atoms. The first-order valence-corrected chi connectivity index (χ1v) is 6.83. The molecule has 1 aliphatic carbocycles. The first-order chi connectivity index (χ1) is 9.22. The van der Waals surface area contributed by atoms with Crippen molar-refractivity contribution >= 4 is 17.1 Å². The Labute approximate surface area is 111 Å². The van der Waals surface area contributed by atoms with Gasteiger partial charge in [0.15, 0.2) is 5.58 Å². The lowest BCUT2D eigenvalue weighted by Crippen LogP contribution is -2.04. The summed E-state index contributed by atoms with van der Waals surface area (Å²) in [5, 5.41) is 8.75. The summed E-state index contributed by atoms with van der Waals surface area (Å²) < 4.78 is 5.43. The second kappa shape index (κ2) is 5.03. The van der Waals surface area contributed by atoms with Gasteiger partial charge in [0.1, 0.15) is 11.9 Å². The molecule has 0 amide bonds. The summed E-state index contributed by atoms with van der Waals surface area (Å²) in [4.78, 5) is 14.9. The number of benzene rings is 1. The van der Waals surface area contributed by atoms with Crippen LogP contribution in [0.5, 0.6) is 0 Å². The van der Waals surface area contributed by atoms with E-state index in [0.29, 0.717) is 11.5 Å². The average Bonchev–Trinajstić information content (AvgIpc) is 2.79. The van der Waals surface area contributed by atoms with Gasteiger partial charge >= 0.3 is 5.97 Å². The van der Waals surface area contributed by atoms with Gasteiger partial charge in [-0.25, -0.2) is 4.98 Å². The van der Waals surface area contributed by atoms with Gasteiger partial charge in [-0.15, -0.1) is 0 Å². The van der Waals surface area contributed by atoms with Crippen molar-refractivity contribution < 1.29 is 14.3 Å². The van der Waals surface area contributed by atoms with E-state index >= 15 is 0 Å². The summed E-state index contributed by atoms with van der Waals surface area (Å²) in [6, 6.07) is 6.06. The van der Waals surface area contributed by atoms with Crippen LogP contribution in [0.25, 0.3) is 11.1 Å². The summed E-state index contributed by atoms with van der Waals surface area (Å²) in [6.45, 7) is 0. The van der Waals surface area contributed by atoms with Crippen molar-refractivity contribution in [1.29, 1.82) is 0 Å². The summed E-state index contributed by atoms with van der Waals surface area (Å²) in [6.07, 6.45) is 6.26. The van der Waals surface area contributed by atoms with Gasteiger partial charge in [-0.1, -0.05) is 25.3 Å². The van der Waals surface area contributed by atoms with Gasteiger partial charge < -0.3 is 9.52 Å². The summed E-state index contributed by atoms with van der Waals surface area (Å²) in [5.41, 5.74) is 2.76. The minimum atomic E-state index is -0.918. The third-order valence-corrected chi connectivity index (χ3v) is 3.83. The number of carboxylic acid groups (broad SMARTS) is 1. The van der Waals surface area contributed by atoms with Crippen LogP contribution in [0.4, 0.5) is 0 Å². The molecule has 1 fully saturated rings. The molecule has 100 valence electrons. The smallest absolute Gasteiger partial charge is 0.312 e. The van der Waals surface area contributed by atoms with Crippen molar-refractivity contribution in [3.8, 4) is 0 Å². The maximum Gasteiger partial charge on any atom is 0.312 e. The van der Waals surface area contributed by atoms with Crippen molar-refractivity contribution in [3.05, 3.63) is 29.7 Å². The van der Waals surface area contributed by atoms with E-state index in [1.165, 1.54) is 37.7 Å². The normalized spacial score (nSPS) is 16.8. The van der Waals surface area contributed by atoms with Crippen LogP contribution in [0.15, 0.2) is 22.6 Å². The Morgan fingerprint density at radius 1 is 1.32 bits per heavy atom. The van der Waals surface area contributed by atoms with E-state index in [-0.39, 0.29) is 12.3 Å². The fraction of sp³-hybridized carbons (Fsp3) is 0.467. The molecule has 0 unspecified atom stereocenters. The van der Waals surface area contributed by atoms with Crippen molar-refractivity contribution in [2.75, 3.05) is 0 Å². The highest BCUT2D eigenvalue weighted by Gasteiger charge is 2.17. The fourth-order valence-corrected chi connectivity index (χ4v) is 2.89. The molecule has 1 aromatic heterocycles. The minimum Gasteiger partial charge on any atom is -0.481 e. The second-order valence-electron chi connectivity index (χ2n) is 5.24. The molecular weight excluding hydrogens is 242 g/mol. The van der Waals surface area contributed by atoms with E-state index in [9.17, 15) is 4.79 Å². The molecule has 19 heavy (non-hydrogen) atoms. The number of aliphatic carboxylic acids is 1. The number of aromatic nitrogens is 1. The Morgan fingerprint density at radius 2 is 2.11 bits per heavy atom. The molecule has 0 bridgehead atoms. The Kier molecular flexibility index (Phi) is 3.23. The molecule has 1 N–H and O–H groups in total. The van der Waals surface area contributed by atoms with Gasteiger partial charge in [-0.2, -0.15) is 0 Å². The van der Waals surface area contributed by atoms with Crippen LogP contribution in [-0.2, 0) is 11.2 Å². The van der Waals surface area contributed by atoms with Crippen LogP contribution in [0.1, 0.15) is 49.5 Å². The molecule has 2 aromatic rings. The van der Waals surface area contributed by atoms with Gasteiger partial charge in [0, 0.05) is 0 Å². The van der Waals surface area contributed by atoms with Crippen LogP contribution >= 0.6 is 0 Å². The van der Waals surface area contributed by atoms with Gasteiger partial charge in [0.25, 0.3) is 0 Å². The summed E-state index contributed by atoms with van der Waals surface area (Å²) in [5.74, 6) is -0.0138. The third kappa shape index (κ3) is 2.62. The first kappa shape index (κ1) is 12.2. The number of carboxylic acids is 1. The molecule has 4 heteroatoms. The predicted molar refractivity (Wildman–Crippen MR) is 71.2 cm³/mol. The molecule has 0 saturated heterocycles. The predicted octanol–water partition coefficient (Wildman–Crippen LogP) is 3.50. The number of carbonyl (C=O) groups is 1. The highest BCUT2D eigenvalue weighted by Crippen LogP contribution is 2.33. The maximum atomic E-state index is 10.7. The van der Waals surface area contributed by atoms with Gasteiger partial charge in [-0.05, 0) is 36.5 Å². The zero-order valence-electron chi connectivity index (χ0n) is 10.8. The maximum absolute atomic E-state index is 10.7. The highest BCUT2D eigenvalue weighted by atomic mass is 16.4. The molecule has 0 aliphatic heterocycles. The molecule has 1 aliphatic rings. The lowest BCUT2D eigenvalue weighted by molar-refractivity contribution is -0.136. The third-order valence-electron chi connectivity index (χ3n) is 3.83. The Balaban J connectivity index is 1.89. The van der Waals surface area contributed by atoms with Crippen LogP contribution in [-0.4, -0.2) is 16.1 Å². The zero-order valence-corrected chi connectivity index (χ0v) is 10.8. The van der Waals surface area contributed by atoms with Crippen LogP contribution in [0.3, 0.4) is 0 Å². The monoisotopic (exact) mass is 259 g/mol. The molecule has 3 rings (SSSR count). The standard InChI is InChI=1S/C15H17NO3/c17-15(18)9-14-16-12-8-11(6-7-13(12)19-14)10-4-2-1-3-5-10/h6-8,10H,1-5,9H2,(H,17,18). The van der Waals surface area contributed by atoms with Crippen molar-refractivity contribution in [2.45, 2.75) is 44.4 Å². The van der Waals surface area contributed by atoms with Gasteiger partial charge in [-0.3, -0.25) is 4.79 Å². The Bertz CT molecular complexity index is 596. The molecule has 0 atom stereocenters. The van der Waals surface area contributed by atoms with Crippen LogP contribution < -0.4 is 0 Å². The van der Waals surface area contributed by atoms with E-state index in [1.54, 1.807) is 0 Å². The SMILES string of the molecule is O=C(O)Cc1nc2cc(C3CCCCC3)ccc2o1. The number of fused-ring (bicyclic) bond motifs is 1. The van der Waals surface area contributed by atoms with Crippen molar-refractivity contribution in [2.24, 2.45) is 0 Å². The Morgan fingerprint density at radius 3 is 2.84 bits per heavy atom. The van der Waals surface area contributed by atoms with Crippen LogP contribution in [0, 0.1) is 0 Å². The molecule has 0 radical (unpaired) electrons. The van der Waals surface area contributed by atoms with E-state index in [1.807, 2.05) is 6.07 Å². The minimum absolute atomic E-state index is 0.159. The number of hydrogen-bond acceptors (Lipinski definition) is 3. The van der Waals surface area contributed by atoms with Crippen molar-refractivity contribution in [3.63, 3.8) is 0 Å². The van der Waals surface area contributed by atoms with E-state index < -0.39 is 5.97 Å². The average molecular weight is 259 g/mol. The molecule has 1 saturated carbocycles. The quantitative estimate of drug-likeness (QED) is 0.916. The molecule has 1 heterocycles. The molecule has 1 aromatic carbocycles. The lowest BCUT2D eigenvalue weighted by Gasteiger charge is -2.21. The summed E-state index contributed by atoms with van der Waals surface area (Å²) >= 11 is 0. The number of oxazole rings is 1. The Hall–Kier alpha value is -1.84. The molecule has 4 nitrogen and oxygen atoms in total. The van der Waals surface area contributed by atoms with Crippen molar-refractivity contribution in [1.82, 2.24) is 4.98 Å². The van der Waals surface area contributed by atoms with Gasteiger partial charge in [0.2, 0.25) is 5.89 Å². The van der Waals surface area contributed by atoms with E-state index in [0.717, 1.165) is 5.52 Å². The number of hydrogen-bond donors (Lipinski definition) is 1. The highest BCUT2D eigenvalue weighted by molar-refractivity contribution is 5.75. The largest absolute Gasteiger partial charge is 0.481 e. The zero-order chi connectivity index (χ0) is 13.2. The summed E-state index contributed by atoms with van der Waals surface area (Å²) in [7, 11) is 0. The second-order valence-corrected chi connectivity index (χ2v) is 5.24. The number of rotatable bonds is 3. The van der Waals surface area contributed by atoms with Gasteiger partial charge in [0.05, 0.1) is 0 Å². The van der Waals surface area contributed by atoms with E-state index in [4.69, 9.17) is 9.52 Å². The first-order valence-electron chi connectivity index (χ1n) is 6.83. The van der Waals surface area contributed by atoms with Crippen LogP contribution in [0.2, 0.25) is 0 Å². The van der Waals surface area contributed by atoms with E-state index in [2.05, 4.69) is 17.1 Å². The lowest BCUT2D eigenvalue weighted by atomic mass is 9.84. The number of nitrogens with zero attached hydrogens (tertiary/aromatic N) is 1. The molecular formula is C15H17NO3. The topological polar surface area (TPSA) is 63.3 Å².